The van der Waals surface area contributed by atoms with Crippen LogP contribution in [-0.2, 0) is 25.2 Å². The third kappa shape index (κ3) is 9.58. The fraction of sp³-hybridized carbons (Fsp3) is 0.571. The molecular formula is C35H51ClN2O4. The Balaban J connectivity index is 2.34. The molecule has 1 atom stereocenters. The molecule has 2 aromatic carbocycles. The van der Waals surface area contributed by atoms with Gasteiger partial charge >= 0.3 is 0 Å². The molecule has 0 aliphatic heterocycles. The van der Waals surface area contributed by atoms with E-state index in [1.54, 1.807) is 39.0 Å². The summed E-state index contributed by atoms with van der Waals surface area (Å²) in [7, 11) is 0. The van der Waals surface area contributed by atoms with E-state index in [0.29, 0.717) is 22.8 Å². The molecule has 0 aliphatic carbocycles. The number of hydrogen-bond donors (Lipinski definition) is 2. The van der Waals surface area contributed by atoms with Gasteiger partial charge in [-0.3, -0.25) is 14.4 Å². The third-order valence-corrected chi connectivity index (χ3v) is 8.63. The topological polar surface area (TPSA) is 84.5 Å². The summed E-state index contributed by atoms with van der Waals surface area (Å²) in [5.41, 5.74) is 2.41. The van der Waals surface area contributed by atoms with Crippen LogP contribution in [0.5, 0.6) is 5.75 Å². The van der Waals surface area contributed by atoms with Crippen molar-refractivity contribution in [1.29, 1.82) is 0 Å². The molecule has 0 fully saturated rings. The molecular weight excluding hydrogens is 548 g/mol. The van der Waals surface area contributed by atoms with Crippen molar-refractivity contribution in [2.45, 2.75) is 125 Å². The molecule has 0 bridgehead atoms. The molecule has 2 N–H and O–H groups in total. The lowest BCUT2D eigenvalue weighted by molar-refractivity contribution is -0.130. The molecule has 0 heterocycles. The molecule has 7 heteroatoms. The van der Waals surface area contributed by atoms with Crippen molar-refractivity contribution in [3.8, 4) is 5.75 Å². The van der Waals surface area contributed by atoms with E-state index >= 15 is 0 Å². The van der Waals surface area contributed by atoms with Crippen LogP contribution in [0, 0.1) is 5.41 Å². The zero-order chi connectivity index (χ0) is 31.9. The standard InChI is InChI=1S/C35H51ClN2O4/c1-11-14-15-29(42-28-19-16-23(34(7,8)12-2)20-25(28)35(9,10)13-3)32(41)37-24-17-18-26(36)27(21-24)38-31(40)22-30(39)33(4,5)6/h16-21,29H,11-15,22H2,1-10H3,(H,37,41)(H,38,40). The molecule has 0 aromatic heterocycles. The Morgan fingerprint density at radius 1 is 0.857 bits per heavy atom. The summed E-state index contributed by atoms with van der Waals surface area (Å²) in [5, 5.41) is 5.97. The SMILES string of the molecule is CCCCC(Oc1ccc(C(C)(C)CC)cc1C(C)(C)CC)C(=O)Nc1ccc(Cl)c(NC(=O)CC(=O)C(C)(C)C)c1. The van der Waals surface area contributed by atoms with Gasteiger partial charge in [-0.05, 0) is 66.3 Å². The van der Waals surface area contributed by atoms with Gasteiger partial charge in [0.25, 0.3) is 5.91 Å². The molecule has 6 nitrogen and oxygen atoms in total. The van der Waals surface area contributed by atoms with Crippen molar-refractivity contribution in [2.24, 2.45) is 5.41 Å². The second-order valence-electron chi connectivity index (χ2n) is 13.5. The summed E-state index contributed by atoms with van der Waals surface area (Å²) in [5.74, 6) is -0.177. The first-order valence-corrected chi connectivity index (χ1v) is 15.6. The molecule has 0 aliphatic rings. The van der Waals surface area contributed by atoms with E-state index in [-0.39, 0.29) is 28.9 Å². The summed E-state index contributed by atoms with van der Waals surface area (Å²) in [6.07, 6.45) is 3.28. The maximum Gasteiger partial charge on any atom is 0.265 e. The average Bonchev–Trinajstić information content (AvgIpc) is 2.92. The monoisotopic (exact) mass is 598 g/mol. The number of amides is 2. The number of nitrogens with one attached hydrogen (secondary N) is 2. The van der Waals surface area contributed by atoms with E-state index in [1.807, 2.05) is 6.07 Å². The Morgan fingerprint density at radius 3 is 2.07 bits per heavy atom. The van der Waals surface area contributed by atoms with Gasteiger partial charge in [0.1, 0.15) is 11.5 Å². The van der Waals surface area contributed by atoms with Crippen LogP contribution in [0.25, 0.3) is 0 Å². The van der Waals surface area contributed by atoms with Crippen LogP contribution in [0.1, 0.15) is 119 Å². The number of hydrogen-bond acceptors (Lipinski definition) is 4. The van der Waals surface area contributed by atoms with E-state index in [9.17, 15) is 14.4 Å². The molecule has 2 aromatic rings. The number of Topliss-reactive ketones (excluding diaryl/α,β-unsaturated/α-hetero) is 1. The second-order valence-corrected chi connectivity index (χ2v) is 13.9. The minimum atomic E-state index is -0.709. The van der Waals surface area contributed by atoms with Gasteiger partial charge in [-0.15, -0.1) is 0 Å². The lowest BCUT2D eigenvalue weighted by atomic mass is 9.76. The summed E-state index contributed by atoms with van der Waals surface area (Å²) < 4.78 is 6.52. The second kappa shape index (κ2) is 14.5. The zero-order valence-electron chi connectivity index (χ0n) is 27.3. The van der Waals surface area contributed by atoms with Gasteiger partial charge in [-0.1, -0.05) is 99.4 Å². The minimum Gasteiger partial charge on any atom is -0.480 e. The zero-order valence-corrected chi connectivity index (χ0v) is 28.1. The number of anilines is 2. The minimum absolute atomic E-state index is 0.0256. The van der Waals surface area contributed by atoms with Crippen molar-refractivity contribution >= 4 is 40.6 Å². The molecule has 0 saturated heterocycles. The summed E-state index contributed by atoms with van der Waals surface area (Å²) >= 11 is 6.33. The summed E-state index contributed by atoms with van der Waals surface area (Å²) in [4.78, 5) is 38.4. The smallest absolute Gasteiger partial charge is 0.265 e. The highest BCUT2D eigenvalue weighted by Gasteiger charge is 2.29. The van der Waals surface area contributed by atoms with Crippen molar-refractivity contribution in [2.75, 3.05) is 10.6 Å². The maximum atomic E-state index is 13.6. The van der Waals surface area contributed by atoms with Gasteiger partial charge < -0.3 is 15.4 Å². The van der Waals surface area contributed by atoms with Gasteiger partial charge in [0.15, 0.2) is 6.10 Å². The number of halogens is 1. The Hall–Kier alpha value is -2.86. The first kappa shape index (κ1) is 35.3. The largest absolute Gasteiger partial charge is 0.480 e. The fourth-order valence-electron chi connectivity index (χ4n) is 4.29. The lowest BCUT2D eigenvalue weighted by Gasteiger charge is -2.31. The third-order valence-electron chi connectivity index (χ3n) is 8.31. The molecule has 2 amide bonds. The number of benzene rings is 2. The van der Waals surface area contributed by atoms with Crippen molar-refractivity contribution in [1.82, 2.24) is 0 Å². The average molecular weight is 599 g/mol. The molecule has 42 heavy (non-hydrogen) atoms. The number of ether oxygens (including phenoxy) is 1. The quantitative estimate of drug-likeness (QED) is 0.212. The van der Waals surface area contributed by atoms with Crippen LogP contribution in [0.15, 0.2) is 36.4 Å². The molecule has 1 unspecified atom stereocenters. The highest BCUT2D eigenvalue weighted by molar-refractivity contribution is 6.34. The van der Waals surface area contributed by atoms with Gasteiger partial charge in [-0.2, -0.15) is 0 Å². The maximum absolute atomic E-state index is 13.6. The highest BCUT2D eigenvalue weighted by atomic mass is 35.5. The number of carbonyl (C=O) groups excluding carboxylic acids is 3. The fourth-order valence-corrected chi connectivity index (χ4v) is 4.46. The van der Waals surface area contributed by atoms with E-state index < -0.39 is 17.4 Å². The van der Waals surface area contributed by atoms with Gasteiger partial charge in [0.05, 0.1) is 17.1 Å². The van der Waals surface area contributed by atoms with E-state index in [1.165, 1.54) is 5.56 Å². The lowest BCUT2D eigenvalue weighted by Crippen LogP contribution is -2.34. The van der Waals surface area contributed by atoms with Gasteiger partial charge in [0, 0.05) is 16.7 Å². The molecule has 0 saturated carbocycles. The molecule has 232 valence electrons. The van der Waals surface area contributed by atoms with Crippen LogP contribution < -0.4 is 15.4 Å². The Bertz CT molecular complexity index is 1260. The Kier molecular flexibility index (Phi) is 12.2. The highest BCUT2D eigenvalue weighted by Crippen LogP contribution is 2.39. The van der Waals surface area contributed by atoms with E-state index in [0.717, 1.165) is 37.0 Å². The predicted octanol–water partition coefficient (Wildman–Crippen LogP) is 9.24. The first-order valence-electron chi connectivity index (χ1n) is 15.2. The predicted molar refractivity (Wildman–Crippen MR) is 175 cm³/mol. The van der Waals surface area contributed by atoms with Crippen LogP contribution >= 0.6 is 11.6 Å². The number of rotatable bonds is 14. The number of carbonyl (C=O) groups is 3. The Labute approximate surface area is 258 Å². The molecule has 0 radical (unpaired) electrons. The van der Waals surface area contributed by atoms with E-state index in [2.05, 4.69) is 71.2 Å². The van der Waals surface area contributed by atoms with Crippen molar-refractivity contribution in [3.05, 3.63) is 52.5 Å². The number of ketones is 1. The van der Waals surface area contributed by atoms with Crippen molar-refractivity contribution < 1.29 is 19.1 Å². The van der Waals surface area contributed by atoms with Crippen LogP contribution in [0.4, 0.5) is 11.4 Å². The summed E-state index contributed by atoms with van der Waals surface area (Å²) in [6, 6.07) is 11.3. The van der Waals surface area contributed by atoms with Crippen LogP contribution in [0.3, 0.4) is 0 Å². The number of unbranched alkanes of at least 4 members (excludes halogenated alkanes) is 1. The summed E-state index contributed by atoms with van der Waals surface area (Å²) in [6.45, 7) is 20.7. The first-order chi connectivity index (χ1) is 19.4. The van der Waals surface area contributed by atoms with Crippen molar-refractivity contribution in [3.63, 3.8) is 0 Å². The van der Waals surface area contributed by atoms with Crippen LogP contribution in [-0.4, -0.2) is 23.7 Å². The van der Waals surface area contributed by atoms with E-state index in [4.69, 9.17) is 16.3 Å². The normalized spacial score (nSPS) is 12.9. The Morgan fingerprint density at radius 2 is 1.50 bits per heavy atom. The van der Waals surface area contributed by atoms with Gasteiger partial charge in [-0.25, -0.2) is 0 Å². The van der Waals surface area contributed by atoms with Gasteiger partial charge in [0.2, 0.25) is 5.91 Å². The van der Waals surface area contributed by atoms with Crippen LogP contribution in [0.2, 0.25) is 5.02 Å². The molecule has 0 spiro atoms. The molecule has 2 rings (SSSR count).